The quantitative estimate of drug-likeness (QED) is 0.0764. The summed E-state index contributed by atoms with van der Waals surface area (Å²) >= 11 is 0. The number of aliphatic carboxylic acids is 1. The number of carbonyl (C=O) groups excluding carboxylic acids is 11. The van der Waals surface area contributed by atoms with E-state index >= 15 is 0 Å². The number of nitrogens with two attached hydrogens (primary N) is 1. The first kappa shape index (κ1) is 59.9. The third-order valence-electron chi connectivity index (χ3n) is 10.8. The Kier molecular flexibility index (Phi) is 23.0. The van der Waals surface area contributed by atoms with Crippen molar-refractivity contribution in [3.63, 3.8) is 0 Å². The van der Waals surface area contributed by atoms with Crippen LogP contribution in [0.4, 0.5) is 4.39 Å². The average molecular weight is 1060 g/mol. The van der Waals surface area contributed by atoms with E-state index in [1.54, 1.807) is 45.0 Å². The summed E-state index contributed by atoms with van der Waals surface area (Å²) in [6, 6.07) is 7.19. The number of carboxylic acids is 1. The number of amides is 9. The molecule has 2 fully saturated rings. The van der Waals surface area contributed by atoms with E-state index in [0.717, 1.165) is 9.80 Å². The number of rotatable bonds is 19. The normalized spacial score (nSPS) is 17.0. The van der Waals surface area contributed by atoms with E-state index in [1.165, 1.54) is 12.1 Å². The van der Waals surface area contributed by atoms with Crippen LogP contribution in [-0.4, -0.2) is 143 Å². The van der Waals surface area contributed by atoms with Gasteiger partial charge >= 0.3 is 17.9 Å². The van der Waals surface area contributed by atoms with E-state index < -0.39 is 78.1 Å². The Morgan fingerprint density at radius 3 is 1.47 bits per heavy atom. The molecule has 0 saturated carbocycles. The Morgan fingerprint density at radius 2 is 1.08 bits per heavy atom. The van der Waals surface area contributed by atoms with Crippen LogP contribution in [0.25, 0.3) is 0 Å². The fourth-order valence-electron chi connectivity index (χ4n) is 7.63. The number of alkyl halides is 1. The number of carboxylic acid groups (broad SMARTS) is 1. The smallest absolute Gasteiger partial charge is 0.308 e. The van der Waals surface area contributed by atoms with Gasteiger partial charge in [-0.25, -0.2) is 0 Å². The van der Waals surface area contributed by atoms with Gasteiger partial charge in [0.05, 0.1) is 56.8 Å². The van der Waals surface area contributed by atoms with Gasteiger partial charge in [-0.1, -0.05) is 12.1 Å². The lowest BCUT2D eigenvalue weighted by molar-refractivity contribution is -0.155. The highest BCUT2D eigenvalue weighted by molar-refractivity contribution is 6.25. The summed E-state index contributed by atoms with van der Waals surface area (Å²) in [5.74, 6) is -5.93. The SMILES string of the molecule is CC(C)(C)OC(=O)CCN.CC(C)(C)OC(=O)CCNC(=O)CCCCOc1cccc2c1C(=O)N(C1CCC(=O)NC1=O)C2=O.O=C(O)CCCCOc1cccc2c1C(=O)N(C1CCC(=O)NC1=O)C2=O.[2H]CF. The number of ether oxygens (including phenoxy) is 4. The van der Waals surface area contributed by atoms with Gasteiger partial charge in [-0.15, -0.1) is 0 Å². The van der Waals surface area contributed by atoms with Crippen LogP contribution in [0.1, 0.15) is 161 Å². The number of benzene rings is 2. The summed E-state index contributed by atoms with van der Waals surface area (Å²) in [4.78, 5) is 145. The van der Waals surface area contributed by atoms with Gasteiger partial charge in [0.25, 0.3) is 23.6 Å². The van der Waals surface area contributed by atoms with Crippen molar-refractivity contribution in [3.05, 3.63) is 58.7 Å². The van der Waals surface area contributed by atoms with Crippen LogP contribution in [0.15, 0.2) is 36.4 Å². The van der Waals surface area contributed by atoms with Crippen molar-refractivity contribution in [2.24, 2.45) is 5.73 Å². The number of hydrogen-bond acceptors (Lipinski definition) is 17. The second-order valence-corrected chi connectivity index (χ2v) is 19.1. The molecule has 2 atom stereocenters. The molecule has 4 aliphatic rings. The molecule has 2 aromatic rings. The second kappa shape index (κ2) is 28.7. The number of carbonyl (C=O) groups is 12. The maximum Gasteiger partial charge on any atom is 0.308 e. The summed E-state index contributed by atoms with van der Waals surface area (Å²) in [6.45, 7) is 11.8. The molecule has 9 amide bonds. The van der Waals surface area contributed by atoms with Crippen molar-refractivity contribution in [1.82, 2.24) is 25.8 Å². The molecule has 75 heavy (non-hydrogen) atoms. The molecular weight excluding hydrogens is 988 g/mol. The van der Waals surface area contributed by atoms with Gasteiger partial charge in [0.2, 0.25) is 29.5 Å². The van der Waals surface area contributed by atoms with Crippen molar-refractivity contribution < 1.29 is 87.3 Å². The Balaban J connectivity index is 0.000000333. The average Bonchev–Trinajstić information content (AvgIpc) is 3.72. The number of fused-ring (bicyclic) bond motifs is 2. The van der Waals surface area contributed by atoms with E-state index in [2.05, 4.69) is 16.0 Å². The first-order valence-corrected chi connectivity index (χ1v) is 24.2. The maximum absolute atomic E-state index is 13.0. The highest BCUT2D eigenvalue weighted by Crippen LogP contribution is 2.35. The zero-order valence-electron chi connectivity index (χ0n) is 44.0. The predicted octanol–water partition coefficient (Wildman–Crippen LogP) is 3.47. The molecule has 0 spiro atoms. The van der Waals surface area contributed by atoms with Crippen LogP contribution in [0.2, 0.25) is 0 Å². The highest BCUT2D eigenvalue weighted by atomic mass is 19.1. The summed E-state index contributed by atoms with van der Waals surface area (Å²) in [5.41, 5.74) is 4.67. The fourth-order valence-corrected chi connectivity index (χ4v) is 7.63. The summed E-state index contributed by atoms with van der Waals surface area (Å²) in [7, 11) is -1.00. The number of imide groups is 4. The molecule has 4 aliphatic heterocycles. The summed E-state index contributed by atoms with van der Waals surface area (Å²) in [5, 5.41) is 15.6. The molecule has 0 aromatic heterocycles. The monoisotopic (exact) mass is 1060 g/mol. The van der Waals surface area contributed by atoms with Crippen LogP contribution < -0.4 is 31.2 Å². The zero-order chi connectivity index (χ0) is 56.9. The topological polar surface area (TPSA) is 331 Å². The van der Waals surface area contributed by atoms with Gasteiger partial charge in [0.15, 0.2) is 0 Å². The Hall–Kier alpha value is -7.63. The van der Waals surface area contributed by atoms with Crippen molar-refractivity contribution >= 4 is 71.1 Å². The molecule has 2 unspecified atom stereocenters. The predicted molar refractivity (Wildman–Crippen MR) is 263 cm³/mol. The van der Waals surface area contributed by atoms with Crippen molar-refractivity contribution in [2.75, 3.05) is 33.5 Å². The lowest BCUT2D eigenvalue weighted by atomic mass is 10.0. The molecule has 2 aromatic carbocycles. The molecule has 6 rings (SSSR count). The van der Waals surface area contributed by atoms with Crippen LogP contribution in [-0.2, 0) is 47.8 Å². The molecule has 23 nitrogen and oxygen atoms in total. The number of esters is 2. The van der Waals surface area contributed by atoms with Gasteiger partial charge in [-0.3, -0.25) is 82.4 Å². The van der Waals surface area contributed by atoms with E-state index in [0.29, 0.717) is 38.6 Å². The van der Waals surface area contributed by atoms with E-state index in [9.17, 15) is 61.9 Å². The zero-order valence-corrected chi connectivity index (χ0v) is 43.0. The first-order valence-electron chi connectivity index (χ1n) is 24.9. The van der Waals surface area contributed by atoms with Gasteiger partial charge in [-0.05, 0) is 104 Å². The minimum atomic E-state index is -1.04. The molecular formula is C51H67FN6O17. The van der Waals surface area contributed by atoms with E-state index in [4.69, 9.17) is 31.2 Å². The molecule has 2 saturated heterocycles. The summed E-state index contributed by atoms with van der Waals surface area (Å²) in [6.07, 6.45) is 2.86. The number of nitrogens with zero attached hydrogens (tertiary/aromatic N) is 2. The molecule has 24 heteroatoms. The molecule has 0 bridgehead atoms. The van der Waals surface area contributed by atoms with Gasteiger partial charge < -0.3 is 35.1 Å². The molecule has 4 heterocycles. The molecule has 0 aliphatic carbocycles. The second-order valence-electron chi connectivity index (χ2n) is 19.1. The van der Waals surface area contributed by atoms with Crippen LogP contribution in [0.5, 0.6) is 11.5 Å². The summed E-state index contributed by atoms with van der Waals surface area (Å²) < 4.78 is 37.0. The Morgan fingerprint density at radius 1 is 0.667 bits per heavy atom. The maximum atomic E-state index is 13.0. The van der Waals surface area contributed by atoms with Crippen LogP contribution in [0, 0.1) is 0 Å². The fraction of sp³-hybridized carbons (Fsp3) is 0.529. The number of unbranched alkanes of at least 4 members (excludes halogenated alkanes) is 2. The van der Waals surface area contributed by atoms with Crippen molar-refractivity contribution in [2.45, 2.75) is 142 Å². The minimum absolute atomic E-state index is 0.0248. The largest absolute Gasteiger partial charge is 0.493 e. The van der Waals surface area contributed by atoms with E-state index in [-0.39, 0.29) is 122 Å². The van der Waals surface area contributed by atoms with E-state index in [1.807, 2.05) is 20.8 Å². The van der Waals surface area contributed by atoms with Crippen LogP contribution in [0.3, 0.4) is 0 Å². The Labute approximate surface area is 434 Å². The molecule has 6 N–H and O–H groups in total. The number of nitrogens with one attached hydrogen (secondary N) is 3. The third kappa shape index (κ3) is 18.7. The first-order chi connectivity index (χ1) is 35.7. The lowest BCUT2D eigenvalue weighted by Crippen LogP contribution is -2.54. The standard InChI is InChI=1S/C25H31N3O8.C18H18N2O7.C7H15NO2.CH3F/c1-25(2,3)36-20(31)12-13-26-18(29)9-4-5-14-35-17-8-6-7-15-21(17)24(34)28(23(15)33)16-10-11-19(30)27-22(16)32;21-13-8-7-11(16(24)19-13)20-17(25)10-4-3-5-12(15(10)18(20)26)27-9-2-1-6-14(22)23;1-7(2,3)10-6(9)4-5-8;1-2/h6-8,16H,4-5,9-14H2,1-3H3,(H,26,29)(H,27,30,32);3-5,11H,1-2,6-9H2,(H,22,23)(H,19,21,24);4-5,8H2,1-3H3;1H3/i;;;1D. The highest BCUT2D eigenvalue weighted by Gasteiger charge is 2.47. The Bertz CT molecular complexity index is 2510. The van der Waals surface area contributed by atoms with Crippen molar-refractivity contribution in [3.8, 4) is 11.5 Å². The lowest BCUT2D eigenvalue weighted by Gasteiger charge is -2.27. The number of hydrogen-bond donors (Lipinski definition) is 5. The number of halogens is 1. The van der Waals surface area contributed by atoms with Gasteiger partial charge in [-0.2, -0.15) is 0 Å². The minimum Gasteiger partial charge on any atom is -0.493 e. The van der Waals surface area contributed by atoms with Gasteiger partial charge in [0, 0.05) is 38.8 Å². The number of piperidine rings is 2. The third-order valence-corrected chi connectivity index (χ3v) is 10.8. The van der Waals surface area contributed by atoms with Gasteiger partial charge in [0.1, 0.15) is 34.8 Å². The van der Waals surface area contributed by atoms with Crippen LogP contribution >= 0.6 is 0 Å². The van der Waals surface area contributed by atoms with Crippen molar-refractivity contribution in [1.29, 1.82) is 0 Å². The molecule has 0 radical (unpaired) electrons. The molecule has 410 valence electrons.